The Kier molecular flexibility index (Phi) is 4.63. The first-order chi connectivity index (χ1) is 7.94. The molecule has 3 nitrogen and oxygen atoms in total. The van der Waals surface area contributed by atoms with Gasteiger partial charge in [0.05, 0.1) is 5.60 Å². The molecule has 0 radical (unpaired) electrons. The van der Waals surface area contributed by atoms with Crippen LogP contribution in [-0.2, 0) is 0 Å². The smallest absolute Gasteiger partial charge is 0.251 e. The lowest BCUT2D eigenvalue weighted by molar-refractivity contribution is 0.0469. The Morgan fingerprint density at radius 2 is 2.24 bits per heavy atom. The summed E-state index contributed by atoms with van der Waals surface area (Å²) < 4.78 is 12.9. The van der Waals surface area contributed by atoms with Crippen LogP contribution in [0.5, 0.6) is 0 Å². The van der Waals surface area contributed by atoms with Crippen LogP contribution >= 0.6 is 0 Å². The topological polar surface area (TPSA) is 49.3 Å². The number of carbonyl (C=O) groups excluding carboxylic acids is 1. The molecule has 1 aromatic carbocycles. The summed E-state index contributed by atoms with van der Waals surface area (Å²) in [7, 11) is 0. The summed E-state index contributed by atoms with van der Waals surface area (Å²) in [6.07, 6.45) is 1.44. The van der Waals surface area contributed by atoms with Gasteiger partial charge in [-0.05, 0) is 31.5 Å². The number of hydrogen-bond acceptors (Lipinski definition) is 2. The van der Waals surface area contributed by atoms with Crippen LogP contribution in [0.15, 0.2) is 24.3 Å². The molecule has 0 spiro atoms. The van der Waals surface area contributed by atoms with Gasteiger partial charge in [0, 0.05) is 12.1 Å². The fourth-order valence-electron chi connectivity index (χ4n) is 1.63. The molecule has 2 N–H and O–H groups in total. The van der Waals surface area contributed by atoms with E-state index >= 15 is 0 Å². The standard InChI is InChI=1S/C13H18FNO2/c1-3-7-13(2,17)9-15-12(16)10-5-4-6-11(14)8-10/h4-6,8,17H,3,7,9H2,1-2H3,(H,15,16). The number of hydrogen-bond donors (Lipinski definition) is 2. The van der Waals surface area contributed by atoms with Crippen molar-refractivity contribution in [3.05, 3.63) is 35.6 Å². The Morgan fingerprint density at radius 1 is 1.53 bits per heavy atom. The molecule has 1 rings (SSSR count). The van der Waals surface area contributed by atoms with Gasteiger partial charge in [-0.1, -0.05) is 19.4 Å². The van der Waals surface area contributed by atoms with Crippen LogP contribution in [0.25, 0.3) is 0 Å². The van der Waals surface area contributed by atoms with E-state index in [0.29, 0.717) is 6.42 Å². The van der Waals surface area contributed by atoms with E-state index in [2.05, 4.69) is 5.32 Å². The van der Waals surface area contributed by atoms with Crippen molar-refractivity contribution in [3.63, 3.8) is 0 Å². The molecule has 0 bridgehead atoms. The first-order valence-corrected chi connectivity index (χ1v) is 5.71. The lowest BCUT2D eigenvalue weighted by atomic mass is 10.0. The number of aliphatic hydroxyl groups is 1. The van der Waals surface area contributed by atoms with Crippen molar-refractivity contribution >= 4 is 5.91 Å². The number of carbonyl (C=O) groups is 1. The number of halogens is 1. The second-order valence-corrected chi connectivity index (χ2v) is 4.44. The highest BCUT2D eigenvalue weighted by Crippen LogP contribution is 2.10. The molecule has 17 heavy (non-hydrogen) atoms. The minimum absolute atomic E-state index is 0.163. The summed E-state index contributed by atoms with van der Waals surface area (Å²) >= 11 is 0. The van der Waals surface area contributed by atoms with E-state index < -0.39 is 11.4 Å². The third kappa shape index (κ3) is 4.53. The van der Waals surface area contributed by atoms with Crippen LogP contribution in [0.3, 0.4) is 0 Å². The monoisotopic (exact) mass is 239 g/mol. The van der Waals surface area contributed by atoms with E-state index in [4.69, 9.17) is 0 Å². The maximum absolute atomic E-state index is 12.9. The largest absolute Gasteiger partial charge is 0.388 e. The molecule has 0 saturated heterocycles. The molecule has 0 aliphatic heterocycles. The van der Waals surface area contributed by atoms with Gasteiger partial charge in [0.15, 0.2) is 0 Å². The minimum atomic E-state index is -0.919. The predicted octanol–water partition coefficient (Wildman–Crippen LogP) is 2.11. The van der Waals surface area contributed by atoms with Gasteiger partial charge in [-0.3, -0.25) is 4.79 Å². The highest BCUT2D eigenvalue weighted by molar-refractivity contribution is 5.94. The van der Waals surface area contributed by atoms with E-state index in [0.717, 1.165) is 6.42 Å². The SMILES string of the molecule is CCCC(C)(O)CNC(=O)c1cccc(F)c1. The van der Waals surface area contributed by atoms with Gasteiger partial charge in [0.25, 0.3) is 5.91 Å². The summed E-state index contributed by atoms with van der Waals surface area (Å²) in [5, 5.41) is 12.5. The summed E-state index contributed by atoms with van der Waals surface area (Å²) in [4.78, 5) is 11.7. The first-order valence-electron chi connectivity index (χ1n) is 5.71. The predicted molar refractivity (Wildman–Crippen MR) is 64.3 cm³/mol. The quantitative estimate of drug-likeness (QED) is 0.826. The van der Waals surface area contributed by atoms with Crippen molar-refractivity contribution in [2.24, 2.45) is 0 Å². The van der Waals surface area contributed by atoms with Crippen molar-refractivity contribution < 1.29 is 14.3 Å². The third-order valence-corrected chi connectivity index (χ3v) is 2.51. The number of rotatable bonds is 5. The molecule has 1 aromatic rings. The molecular formula is C13H18FNO2. The second-order valence-electron chi connectivity index (χ2n) is 4.44. The number of nitrogens with one attached hydrogen (secondary N) is 1. The maximum Gasteiger partial charge on any atom is 0.251 e. The molecule has 1 amide bonds. The van der Waals surface area contributed by atoms with Crippen LogP contribution < -0.4 is 5.32 Å². The lowest BCUT2D eigenvalue weighted by Crippen LogP contribution is -2.40. The second kappa shape index (κ2) is 5.77. The summed E-state index contributed by atoms with van der Waals surface area (Å²) in [6.45, 7) is 3.79. The Balaban J connectivity index is 2.56. The Labute approximate surface area is 101 Å². The van der Waals surface area contributed by atoms with Crippen molar-refractivity contribution in [1.82, 2.24) is 5.32 Å². The van der Waals surface area contributed by atoms with Gasteiger partial charge in [-0.15, -0.1) is 0 Å². The third-order valence-electron chi connectivity index (χ3n) is 2.51. The molecule has 0 heterocycles. The normalized spacial score (nSPS) is 14.1. The summed E-state index contributed by atoms with van der Waals surface area (Å²) in [5.41, 5.74) is -0.658. The van der Waals surface area contributed by atoms with Gasteiger partial charge in [-0.2, -0.15) is 0 Å². The van der Waals surface area contributed by atoms with Gasteiger partial charge < -0.3 is 10.4 Å². The average molecular weight is 239 g/mol. The van der Waals surface area contributed by atoms with Gasteiger partial charge in [0.1, 0.15) is 5.82 Å². The molecule has 0 aromatic heterocycles. The van der Waals surface area contributed by atoms with Gasteiger partial charge in [0.2, 0.25) is 0 Å². The number of benzene rings is 1. The van der Waals surface area contributed by atoms with Crippen LogP contribution in [0, 0.1) is 5.82 Å². The maximum atomic E-state index is 12.9. The zero-order valence-corrected chi connectivity index (χ0v) is 10.2. The molecular weight excluding hydrogens is 221 g/mol. The summed E-state index contributed by atoms with van der Waals surface area (Å²) in [6, 6.07) is 5.47. The Morgan fingerprint density at radius 3 is 2.82 bits per heavy atom. The fourth-order valence-corrected chi connectivity index (χ4v) is 1.63. The zero-order valence-electron chi connectivity index (χ0n) is 10.2. The van der Waals surface area contributed by atoms with Crippen LogP contribution in [0.4, 0.5) is 4.39 Å². The molecule has 0 aliphatic rings. The van der Waals surface area contributed by atoms with Crippen molar-refractivity contribution in [2.75, 3.05) is 6.54 Å². The molecule has 1 unspecified atom stereocenters. The highest BCUT2D eigenvalue weighted by Gasteiger charge is 2.20. The van der Waals surface area contributed by atoms with Crippen LogP contribution in [0.1, 0.15) is 37.0 Å². The summed E-state index contributed by atoms with van der Waals surface area (Å²) in [5.74, 6) is -0.821. The molecule has 1 atom stereocenters. The molecule has 0 fully saturated rings. The van der Waals surface area contributed by atoms with Crippen molar-refractivity contribution in [2.45, 2.75) is 32.3 Å². The lowest BCUT2D eigenvalue weighted by Gasteiger charge is -2.22. The van der Waals surface area contributed by atoms with E-state index in [9.17, 15) is 14.3 Å². The molecule has 94 valence electrons. The number of amides is 1. The van der Waals surface area contributed by atoms with Crippen molar-refractivity contribution in [3.8, 4) is 0 Å². The van der Waals surface area contributed by atoms with Gasteiger partial charge in [-0.25, -0.2) is 4.39 Å². The van der Waals surface area contributed by atoms with E-state index in [-0.39, 0.29) is 18.0 Å². The highest BCUT2D eigenvalue weighted by atomic mass is 19.1. The minimum Gasteiger partial charge on any atom is -0.388 e. The molecule has 0 aliphatic carbocycles. The van der Waals surface area contributed by atoms with Crippen LogP contribution in [-0.4, -0.2) is 23.2 Å². The molecule has 0 saturated carbocycles. The van der Waals surface area contributed by atoms with E-state index in [1.165, 1.54) is 24.3 Å². The van der Waals surface area contributed by atoms with E-state index in [1.807, 2.05) is 6.92 Å². The first kappa shape index (κ1) is 13.6. The van der Waals surface area contributed by atoms with Crippen LogP contribution in [0.2, 0.25) is 0 Å². The Hall–Kier alpha value is -1.42. The fraction of sp³-hybridized carbons (Fsp3) is 0.462. The zero-order chi connectivity index (χ0) is 12.9. The van der Waals surface area contributed by atoms with Crippen molar-refractivity contribution in [1.29, 1.82) is 0 Å². The average Bonchev–Trinajstić information content (AvgIpc) is 2.26. The van der Waals surface area contributed by atoms with Gasteiger partial charge >= 0.3 is 0 Å². The molecule has 4 heteroatoms. The van der Waals surface area contributed by atoms with E-state index in [1.54, 1.807) is 6.92 Å². The Bertz CT molecular complexity index is 391.